The molecule has 1 atom stereocenters. The van der Waals surface area contributed by atoms with E-state index in [2.05, 4.69) is 37.3 Å². The minimum Gasteiger partial charge on any atom is -0.491 e. The zero-order valence-corrected chi connectivity index (χ0v) is 15.2. The molecule has 0 amide bonds. The van der Waals surface area contributed by atoms with Crippen molar-refractivity contribution in [3.05, 3.63) is 65.7 Å². The molecule has 3 heteroatoms. The Labute approximate surface area is 151 Å². The van der Waals surface area contributed by atoms with E-state index in [1.807, 2.05) is 24.3 Å². The van der Waals surface area contributed by atoms with Gasteiger partial charge in [0.05, 0.1) is 13.1 Å². The highest BCUT2D eigenvalue weighted by molar-refractivity contribution is 5.26. The Kier molecular flexibility index (Phi) is 6.48. The van der Waals surface area contributed by atoms with Gasteiger partial charge in [-0.1, -0.05) is 48.0 Å². The van der Waals surface area contributed by atoms with Gasteiger partial charge in [-0.15, -0.1) is 0 Å². The molecule has 1 aliphatic heterocycles. The number of likely N-dealkylation sites (tertiary alicyclic amines) is 1. The van der Waals surface area contributed by atoms with E-state index >= 15 is 0 Å². The highest BCUT2D eigenvalue weighted by Crippen LogP contribution is 2.16. The van der Waals surface area contributed by atoms with Crippen molar-refractivity contribution in [2.24, 2.45) is 5.92 Å². The van der Waals surface area contributed by atoms with Gasteiger partial charge in [0, 0.05) is 0 Å². The standard InChI is InChI=1S/C22H29NO2/c1-18-7-9-22(10-8-18)25-17-21(24)16-23-13-11-20(12-14-23)15-19-5-3-2-4-6-19/h2-10,20-21,24H,11-17H2,1H3/p+1/t21-/m1/s1. The van der Waals surface area contributed by atoms with Crippen molar-refractivity contribution in [1.29, 1.82) is 0 Å². The molecule has 0 unspecified atom stereocenters. The van der Waals surface area contributed by atoms with Crippen LogP contribution in [-0.4, -0.2) is 37.5 Å². The molecule has 3 rings (SSSR count). The first-order chi connectivity index (χ1) is 12.2. The molecule has 2 aromatic rings. The number of rotatable bonds is 7. The van der Waals surface area contributed by atoms with Crippen LogP contribution in [0.5, 0.6) is 5.75 Å². The van der Waals surface area contributed by atoms with Gasteiger partial charge in [-0.3, -0.25) is 0 Å². The summed E-state index contributed by atoms with van der Waals surface area (Å²) in [4.78, 5) is 1.50. The summed E-state index contributed by atoms with van der Waals surface area (Å²) in [7, 11) is 0. The summed E-state index contributed by atoms with van der Waals surface area (Å²) in [6.45, 7) is 5.52. The van der Waals surface area contributed by atoms with Crippen LogP contribution in [0.4, 0.5) is 0 Å². The third-order valence-corrected chi connectivity index (χ3v) is 5.17. The third kappa shape index (κ3) is 5.87. The fourth-order valence-corrected chi connectivity index (χ4v) is 3.66. The molecule has 0 aliphatic carbocycles. The molecule has 1 fully saturated rings. The minimum absolute atomic E-state index is 0.375. The summed E-state index contributed by atoms with van der Waals surface area (Å²) in [5.41, 5.74) is 2.66. The summed E-state index contributed by atoms with van der Waals surface area (Å²) in [6, 6.07) is 18.8. The zero-order valence-electron chi connectivity index (χ0n) is 15.2. The van der Waals surface area contributed by atoms with Gasteiger partial charge < -0.3 is 14.7 Å². The zero-order chi connectivity index (χ0) is 17.5. The SMILES string of the molecule is Cc1ccc(OC[C@H](O)C[NH+]2CCC(Cc3ccccc3)CC2)cc1. The molecule has 134 valence electrons. The highest BCUT2D eigenvalue weighted by atomic mass is 16.5. The maximum absolute atomic E-state index is 10.3. The largest absolute Gasteiger partial charge is 0.491 e. The van der Waals surface area contributed by atoms with Crippen LogP contribution in [0.3, 0.4) is 0 Å². The second-order valence-electron chi connectivity index (χ2n) is 7.37. The first-order valence-electron chi connectivity index (χ1n) is 9.44. The second kappa shape index (κ2) is 9.02. The molecule has 0 aromatic heterocycles. The molecule has 0 saturated carbocycles. The average molecular weight is 340 g/mol. The number of aliphatic hydroxyl groups excluding tert-OH is 1. The van der Waals surface area contributed by atoms with E-state index in [4.69, 9.17) is 4.74 Å². The topological polar surface area (TPSA) is 33.9 Å². The first-order valence-corrected chi connectivity index (χ1v) is 9.44. The van der Waals surface area contributed by atoms with Gasteiger partial charge >= 0.3 is 0 Å². The maximum atomic E-state index is 10.3. The van der Waals surface area contributed by atoms with E-state index in [-0.39, 0.29) is 0 Å². The number of hydrogen-bond donors (Lipinski definition) is 2. The fourth-order valence-electron chi connectivity index (χ4n) is 3.66. The Bertz CT molecular complexity index is 618. The predicted octanol–water partition coefficient (Wildman–Crippen LogP) is 2.27. The van der Waals surface area contributed by atoms with Crippen molar-refractivity contribution >= 4 is 0 Å². The highest BCUT2D eigenvalue weighted by Gasteiger charge is 2.24. The van der Waals surface area contributed by atoms with Gasteiger partial charge in [0.15, 0.2) is 0 Å². The van der Waals surface area contributed by atoms with Crippen molar-refractivity contribution in [2.45, 2.75) is 32.3 Å². The van der Waals surface area contributed by atoms with E-state index in [1.165, 1.54) is 35.3 Å². The Morgan fingerprint density at radius 1 is 1.04 bits per heavy atom. The van der Waals surface area contributed by atoms with E-state index in [9.17, 15) is 5.11 Å². The molecule has 2 N–H and O–H groups in total. The molecular weight excluding hydrogens is 310 g/mol. The molecule has 1 heterocycles. The van der Waals surface area contributed by atoms with Crippen LogP contribution in [0.25, 0.3) is 0 Å². The van der Waals surface area contributed by atoms with Gasteiger partial charge in [-0.25, -0.2) is 0 Å². The van der Waals surface area contributed by atoms with Crippen LogP contribution in [0, 0.1) is 12.8 Å². The van der Waals surface area contributed by atoms with E-state index in [1.54, 1.807) is 0 Å². The second-order valence-corrected chi connectivity index (χ2v) is 7.37. The van der Waals surface area contributed by atoms with Crippen molar-refractivity contribution in [1.82, 2.24) is 0 Å². The number of aliphatic hydroxyl groups is 1. The van der Waals surface area contributed by atoms with E-state index in [0.29, 0.717) is 6.61 Å². The Morgan fingerprint density at radius 3 is 2.40 bits per heavy atom. The van der Waals surface area contributed by atoms with Crippen molar-refractivity contribution in [2.75, 3.05) is 26.2 Å². The monoisotopic (exact) mass is 340 g/mol. The summed E-state index contributed by atoms with van der Waals surface area (Å²) < 4.78 is 5.70. The number of piperidine rings is 1. The summed E-state index contributed by atoms with van der Waals surface area (Å²) in [6.07, 6.45) is 3.28. The van der Waals surface area contributed by atoms with Crippen LogP contribution < -0.4 is 9.64 Å². The van der Waals surface area contributed by atoms with Crippen molar-refractivity contribution in [3.8, 4) is 5.75 Å². The number of benzene rings is 2. The summed E-state index contributed by atoms with van der Waals surface area (Å²) in [5.74, 6) is 1.62. The molecule has 0 spiro atoms. The first kappa shape index (κ1) is 18.0. The lowest BCUT2D eigenvalue weighted by molar-refractivity contribution is -0.909. The molecular formula is C22H30NO2+. The van der Waals surface area contributed by atoms with Crippen LogP contribution in [0.15, 0.2) is 54.6 Å². The lowest BCUT2D eigenvalue weighted by atomic mass is 9.90. The third-order valence-electron chi connectivity index (χ3n) is 5.17. The van der Waals surface area contributed by atoms with Gasteiger partial charge in [-0.05, 0) is 49.8 Å². The normalized spacial score (nSPS) is 21.7. The Balaban J connectivity index is 1.36. The number of ether oxygens (including phenoxy) is 1. The predicted molar refractivity (Wildman–Crippen MR) is 101 cm³/mol. The van der Waals surface area contributed by atoms with Gasteiger partial charge in [0.2, 0.25) is 0 Å². The smallest absolute Gasteiger partial charge is 0.137 e. The average Bonchev–Trinajstić information content (AvgIpc) is 2.64. The lowest BCUT2D eigenvalue weighted by Gasteiger charge is -2.30. The van der Waals surface area contributed by atoms with Crippen molar-refractivity contribution in [3.63, 3.8) is 0 Å². The number of aryl methyl sites for hydroxylation is 1. The molecule has 0 radical (unpaired) electrons. The summed E-state index contributed by atoms with van der Waals surface area (Å²) in [5, 5.41) is 10.3. The van der Waals surface area contributed by atoms with E-state index < -0.39 is 6.10 Å². The molecule has 25 heavy (non-hydrogen) atoms. The van der Waals surface area contributed by atoms with Crippen LogP contribution in [0.2, 0.25) is 0 Å². The number of quaternary nitrogens is 1. The summed E-state index contributed by atoms with van der Waals surface area (Å²) >= 11 is 0. The lowest BCUT2D eigenvalue weighted by Crippen LogP contribution is -3.14. The quantitative estimate of drug-likeness (QED) is 0.811. The molecule has 1 aliphatic rings. The van der Waals surface area contributed by atoms with Gasteiger partial charge in [0.1, 0.15) is 25.0 Å². The minimum atomic E-state index is -0.401. The number of hydrogen-bond acceptors (Lipinski definition) is 2. The Hall–Kier alpha value is -1.84. The van der Waals surface area contributed by atoms with Gasteiger partial charge in [-0.2, -0.15) is 0 Å². The molecule has 0 bridgehead atoms. The van der Waals surface area contributed by atoms with Crippen molar-refractivity contribution < 1.29 is 14.7 Å². The van der Waals surface area contributed by atoms with Crippen LogP contribution in [0.1, 0.15) is 24.0 Å². The fraction of sp³-hybridized carbons (Fsp3) is 0.455. The molecule has 3 nitrogen and oxygen atoms in total. The van der Waals surface area contributed by atoms with Gasteiger partial charge in [0.25, 0.3) is 0 Å². The van der Waals surface area contributed by atoms with Crippen LogP contribution in [-0.2, 0) is 6.42 Å². The Morgan fingerprint density at radius 2 is 1.72 bits per heavy atom. The van der Waals surface area contributed by atoms with E-state index in [0.717, 1.165) is 31.3 Å². The molecule has 1 saturated heterocycles. The molecule has 2 aromatic carbocycles. The number of nitrogens with one attached hydrogen (secondary N) is 1. The maximum Gasteiger partial charge on any atom is 0.137 e. The van der Waals surface area contributed by atoms with Crippen LogP contribution >= 0.6 is 0 Å².